The second-order valence-electron chi connectivity index (χ2n) is 6.12. The maximum atomic E-state index is 12.2. The zero-order valence-electron chi connectivity index (χ0n) is 13.4. The van der Waals surface area contributed by atoms with Crippen molar-refractivity contribution < 1.29 is 9.59 Å². The van der Waals surface area contributed by atoms with Crippen molar-refractivity contribution in [2.24, 2.45) is 11.8 Å². The second-order valence-corrected chi connectivity index (χ2v) is 6.98. The number of hydrogen-bond donors (Lipinski definition) is 2. The molecule has 2 unspecified atom stereocenters. The van der Waals surface area contributed by atoms with Crippen LogP contribution in [0.5, 0.6) is 0 Å². The van der Waals surface area contributed by atoms with Gasteiger partial charge in [0.1, 0.15) is 0 Å². The molecule has 0 aliphatic heterocycles. The first-order valence-corrected chi connectivity index (χ1v) is 8.72. The first-order valence-electron chi connectivity index (χ1n) is 7.93. The van der Waals surface area contributed by atoms with Gasteiger partial charge in [-0.3, -0.25) is 9.59 Å². The summed E-state index contributed by atoms with van der Waals surface area (Å²) < 4.78 is 0.833. The number of carbonyl (C=O) groups excluding carboxylic acids is 2. The molecule has 0 radical (unpaired) electrons. The van der Waals surface area contributed by atoms with E-state index in [1.165, 1.54) is 5.56 Å². The highest BCUT2D eigenvalue weighted by molar-refractivity contribution is 9.10. The fourth-order valence-electron chi connectivity index (χ4n) is 2.59. The van der Waals surface area contributed by atoms with Gasteiger partial charge in [0.25, 0.3) is 0 Å². The SMILES string of the molecule is Cc1ccc(CNC(=O)C2CC2C(=O)Nc2ccccc2Br)cc1. The van der Waals surface area contributed by atoms with E-state index in [2.05, 4.69) is 26.6 Å². The molecule has 1 fully saturated rings. The molecule has 2 atom stereocenters. The molecule has 2 aromatic rings. The van der Waals surface area contributed by atoms with Gasteiger partial charge in [0.2, 0.25) is 11.8 Å². The molecule has 0 heterocycles. The lowest BCUT2D eigenvalue weighted by Crippen LogP contribution is -2.27. The average molecular weight is 387 g/mol. The van der Waals surface area contributed by atoms with Crippen molar-refractivity contribution in [1.29, 1.82) is 0 Å². The summed E-state index contributed by atoms with van der Waals surface area (Å²) in [6.45, 7) is 2.52. The molecule has 2 amide bonds. The molecule has 3 rings (SSSR count). The molecule has 1 aliphatic carbocycles. The number of nitrogens with one attached hydrogen (secondary N) is 2. The third-order valence-corrected chi connectivity index (χ3v) is 4.87. The van der Waals surface area contributed by atoms with Gasteiger partial charge in [-0.15, -0.1) is 0 Å². The Bertz CT molecular complexity index is 758. The van der Waals surface area contributed by atoms with Crippen LogP contribution in [0.3, 0.4) is 0 Å². The maximum Gasteiger partial charge on any atom is 0.228 e. The molecule has 0 bridgehead atoms. The lowest BCUT2D eigenvalue weighted by molar-refractivity contribution is -0.125. The number of amides is 2. The van der Waals surface area contributed by atoms with Crippen molar-refractivity contribution in [2.45, 2.75) is 19.9 Å². The molecule has 1 aliphatic rings. The highest BCUT2D eigenvalue weighted by Crippen LogP contribution is 2.40. The number of para-hydroxylation sites is 1. The fourth-order valence-corrected chi connectivity index (χ4v) is 2.97. The van der Waals surface area contributed by atoms with Crippen molar-refractivity contribution in [3.05, 3.63) is 64.1 Å². The van der Waals surface area contributed by atoms with Crippen LogP contribution in [-0.4, -0.2) is 11.8 Å². The third kappa shape index (κ3) is 4.03. The number of halogens is 1. The monoisotopic (exact) mass is 386 g/mol. The first-order chi connectivity index (χ1) is 11.5. The van der Waals surface area contributed by atoms with Crippen molar-refractivity contribution in [1.82, 2.24) is 5.32 Å². The van der Waals surface area contributed by atoms with Gasteiger partial charge < -0.3 is 10.6 Å². The molecular weight excluding hydrogens is 368 g/mol. The van der Waals surface area contributed by atoms with Gasteiger partial charge in [-0.1, -0.05) is 42.0 Å². The van der Waals surface area contributed by atoms with Crippen molar-refractivity contribution in [3.63, 3.8) is 0 Å². The Morgan fingerprint density at radius 3 is 2.42 bits per heavy atom. The van der Waals surface area contributed by atoms with Crippen LogP contribution in [0.25, 0.3) is 0 Å². The fraction of sp³-hybridized carbons (Fsp3) is 0.263. The van der Waals surface area contributed by atoms with Gasteiger partial charge in [-0.2, -0.15) is 0 Å². The van der Waals surface area contributed by atoms with Crippen LogP contribution in [0.4, 0.5) is 5.69 Å². The topological polar surface area (TPSA) is 58.2 Å². The molecule has 0 aromatic heterocycles. The summed E-state index contributed by atoms with van der Waals surface area (Å²) in [5.74, 6) is -0.617. The van der Waals surface area contributed by atoms with Gasteiger partial charge in [0.05, 0.1) is 17.5 Å². The summed E-state index contributed by atoms with van der Waals surface area (Å²) in [6, 6.07) is 15.5. The quantitative estimate of drug-likeness (QED) is 0.823. The Morgan fingerprint density at radius 1 is 1.04 bits per heavy atom. The molecule has 0 spiro atoms. The summed E-state index contributed by atoms with van der Waals surface area (Å²) in [4.78, 5) is 24.4. The van der Waals surface area contributed by atoms with E-state index >= 15 is 0 Å². The van der Waals surface area contributed by atoms with E-state index in [1.54, 1.807) is 0 Å². The van der Waals surface area contributed by atoms with E-state index in [-0.39, 0.29) is 23.7 Å². The molecule has 24 heavy (non-hydrogen) atoms. The summed E-state index contributed by atoms with van der Waals surface area (Å²) in [7, 11) is 0. The summed E-state index contributed by atoms with van der Waals surface area (Å²) in [5.41, 5.74) is 2.98. The van der Waals surface area contributed by atoms with Gasteiger partial charge in [-0.25, -0.2) is 0 Å². The number of aryl methyl sites for hydroxylation is 1. The number of hydrogen-bond acceptors (Lipinski definition) is 2. The summed E-state index contributed by atoms with van der Waals surface area (Å²) in [5, 5.41) is 5.78. The number of anilines is 1. The standard InChI is InChI=1S/C19H19BrN2O2/c1-12-6-8-13(9-7-12)11-21-18(23)14-10-15(14)19(24)22-17-5-3-2-4-16(17)20/h2-9,14-15H,10-11H2,1H3,(H,21,23)(H,22,24). The first kappa shape index (κ1) is 16.7. The Kier molecular flexibility index (Phi) is 5.00. The van der Waals surface area contributed by atoms with Gasteiger partial charge in [0.15, 0.2) is 0 Å². The van der Waals surface area contributed by atoms with E-state index < -0.39 is 0 Å². The van der Waals surface area contributed by atoms with E-state index in [0.29, 0.717) is 13.0 Å². The maximum absolute atomic E-state index is 12.2. The third-order valence-electron chi connectivity index (χ3n) is 4.18. The number of benzene rings is 2. The average Bonchev–Trinajstić information content (AvgIpc) is 3.37. The Hall–Kier alpha value is -2.14. The zero-order valence-corrected chi connectivity index (χ0v) is 15.0. The lowest BCUT2D eigenvalue weighted by atomic mass is 10.1. The van der Waals surface area contributed by atoms with Crippen LogP contribution in [0.2, 0.25) is 0 Å². The molecular formula is C19H19BrN2O2. The minimum atomic E-state index is -0.241. The highest BCUT2D eigenvalue weighted by Gasteiger charge is 2.47. The Balaban J connectivity index is 1.49. The summed E-state index contributed by atoms with van der Waals surface area (Å²) >= 11 is 3.40. The Labute approximate surface area is 149 Å². The molecule has 2 N–H and O–H groups in total. The van der Waals surface area contributed by atoms with Gasteiger partial charge in [0, 0.05) is 11.0 Å². The molecule has 2 aromatic carbocycles. The minimum absolute atomic E-state index is 0.0529. The Morgan fingerprint density at radius 2 is 1.71 bits per heavy atom. The van der Waals surface area contributed by atoms with E-state index in [9.17, 15) is 9.59 Å². The predicted octanol–water partition coefficient (Wildman–Crippen LogP) is 3.65. The van der Waals surface area contributed by atoms with Crippen LogP contribution in [-0.2, 0) is 16.1 Å². The highest BCUT2D eigenvalue weighted by atomic mass is 79.9. The number of rotatable bonds is 5. The van der Waals surface area contributed by atoms with Crippen LogP contribution >= 0.6 is 15.9 Å². The van der Waals surface area contributed by atoms with Crippen LogP contribution in [0.1, 0.15) is 17.5 Å². The predicted molar refractivity (Wildman–Crippen MR) is 97.4 cm³/mol. The zero-order chi connectivity index (χ0) is 17.1. The smallest absolute Gasteiger partial charge is 0.228 e. The summed E-state index contributed by atoms with van der Waals surface area (Å²) in [6.07, 6.45) is 0.607. The normalized spacial score (nSPS) is 18.8. The second kappa shape index (κ2) is 7.18. The van der Waals surface area contributed by atoms with Crippen molar-refractivity contribution in [2.75, 3.05) is 5.32 Å². The van der Waals surface area contributed by atoms with Crippen LogP contribution in [0.15, 0.2) is 53.0 Å². The lowest BCUT2D eigenvalue weighted by Gasteiger charge is -2.08. The van der Waals surface area contributed by atoms with Crippen molar-refractivity contribution >= 4 is 33.4 Å². The molecule has 5 heteroatoms. The number of carbonyl (C=O) groups is 2. The molecule has 124 valence electrons. The molecule has 1 saturated carbocycles. The van der Waals surface area contributed by atoms with Gasteiger partial charge >= 0.3 is 0 Å². The molecule has 0 saturated heterocycles. The van der Waals surface area contributed by atoms with Gasteiger partial charge in [-0.05, 0) is 47.0 Å². The van der Waals surface area contributed by atoms with E-state index in [0.717, 1.165) is 15.7 Å². The van der Waals surface area contributed by atoms with E-state index in [4.69, 9.17) is 0 Å². The largest absolute Gasteiger partial charge is 0.352 e. The molecule has 4 nitrogen and oxygen atoms in total. The van der Waals surface area contributed by atoms with Crippen LogP contribution < -0.4 is 10.6 Å². The van der Waals surface area contributed by atoms with Crippen LogP contribution in [0, 0.1) is 18.8 Å². The minimum Gasteiger partial charge on any atom is -0.352 e. The van der Waals surface area contributed by atoms with Crippen molar-refractivity contribution in [3.8, 4) is 0 Å². The van der Waals surface area contributed by atoms with E-state index in [1.807, 2.05) is 55.5 Å².